The van der Waals surface area contributed by atoms with Gasteiger partial charge in [0.2, 0.25) is 5.91 Å². The minimum atomic E-state index is -4.53. The summed E-state index contributed by atoms with van der Waals surface area (Å²) in [6.07, 6.45) is -0.589. The summed E-state index contributed by atoms with van der Waals surface area (Å²) in [5.41, 5.74) is 6.31. The van der Waals surface area contributed by atoms with Crippen LogP contribution in [0.2, 0.25) is 0 Å². The third kappa shape index (κ3) is 4.92. The minimum absolute atomic E-state index is 0.00524. The molecule has 10 heteroatoms. The van der Waals surface area contributed by atoms with Gasteiger partial charge in [0.1, 0.15) is 5.75 Å². The number of hydrogen-bond donors (Lipinski definition) is 2. The normalized spacial score (nSPS) is 17.9. The fourth-order valence-electron chi connectivity index (χ4n) is 5.22. The molecule has 3 N–H and O–H groups in total. The number of amides is 2. The number of nitrogens with one attached hydrogen (secondary N) is 1. The lowest BCUT2D eigenvalue weighted by Crippen LogP contribution is -2.46. The molecule has 4 rings (SSSR count). The first-order valence-electron chi connectivity index (χ1n) is 11.9. The van der Waals surface area contributed by atoms with Gasteiger partial charge in [-0.05, 0) is 62.1 Å². The predicted molar refractivity (Wildman–Crippen MR) is 135 cm³/mol. The summed E-state index contributed by atoms with van der Waals surface area (Å²) >= 11 is 0. The lowest BCUT2D eigenvalue weighted by molar-refractivity contribution is -0.137. The fourth-order valence-corrected chi connectivity index (χ4v) is 5.22. The number of ether oxygens (including phenoxy) is 1. The van der Waals surface area contributed by atoms with Crippen molar-refractivity contribution in [3.05, 3.63) is 64.9 Å². The summed E-state index contributed by atoms with van der Waals surface area (Å²) in [4.78, 5) is 29.8. The Morgan fingerprint density at radius 2 is 1.78 bits per heavy atom. The number of halogens is 3. The van der Waals surface area contributed by atoms with E-state index in [0.717, 1.165) is 18.3 Å². The summed E-state index contributed by atoms with van der Waals surface area (Å²) < 4.78 is 45.1. The quantitative estimate of drug-likeness (QED) is 0.569. The van der Waals surface area contributed by atoms with E-state index in [1.165, 1.54) is 31.2 Å². The Bertz CT molecular complexity index is 1260. The number of aryl methyl sites for hydroxylation is 1. The number of anilines is 1. The molecule has 2 aliphatic heterocycles. The summed E-state index contributed by atoms with van der Waals surface area (Å²) in [6, 6.07) is 8.67. The summed E-state index contributed by atoms with van der Waals surface area (Å²) in [6.45, 7) is 2.62. The maximum absolute atomic E-state index is 13.5. The van der Waals surface area contributed by atoms with Crippen molar-refractivity contribution in [2.45, 2.75) is 32.4 Å². The molecule has 2 saturated heterocycles. The first-order valence-corrected chi connectivity index (χ1v) is 11.9. The van der Waals surface area contributed by atoms with Gasteiger partial charge in [-0.2, -0.15) is 13.2 Å². The Labute approximate surface area is 213 Å². The predicted octanol–water partition coefficient (Wildman–Crippen LogP) is 4.63. The fraction of sp³-hybridized carbons (Fsp3) is 0.370. The van der Waals surface area contributed by atoms with Crippen LogP contribution in [0.3, 0.4) is 0 Å². The molecule has 2 aromatic carbocycles. The minimum Gasteiger partial charge on any atom is -0.496 e. The molecule has 37 heavy (non-hydrogen) atoms. The molecule has 0 radical (unpaired) electrons. The third-order valence-corrected chi connectivity index (χ3v) is 7.32. The summed E-state index contributed by atoms with van der Waals surface area (Å²) in [5.74, 6) is -0.00385. The number of hydrogen-bond acceptors (Lipinski definition) is 5. The van der Waals surface area contributed by atoms with E-state index in [-0.39, 0.29) is 11.5 Å². The van der Waals surface area contributed by atoms with Gasteiger partial charge in [-0.1, -0.05) is 0 Å². The van der Waals surface area contributed by atoms with E-state index in [2.05, 4.69) is 0 Å². The van der Waals surface area contributed by atoms with Gasteiger partial charge in [-0.15, -0.1) is 0 Å². The molecule has 0 unspecified atom stereocenters. The number of carbonyl (C=O) groups is 2. The monoisotopic (exact) mass is 514 g/mol. The lowest BCUT2D eigenvalue weighted by Gasteiger charge is -2.38. The standard InChI is InChI=1S/C27H29F3N4O3/c1-17-11-18(13-20(12-17)27(28,29)30)24(35)33-8-5-26(6-9-33)7-10-34(25(26)36)21-3-4-22(19(15-31)16-32)23(14-21)37-2/h3-4,11-16,31H,5-10,32H2,1-2H3/b19-16+,31-15?. The van der Waals surface area contributed by atoms with Gasteiger partial charge >= 0.3 is 6.18 Å². The first kappa shape index (κ1) is 26.2. The van der Waals surface area contributed by atoms with Gasteiger partial charge in [0.15, 0.2) is 0 Å². The second kappa shape index (κ2) is 9.91. The molecule has 2 heterocycles. The van der Waals surface area contributed by atoms with Crippen molar-refractivity contribution in [3.8, 4) is 5.75 Å². The highest BCUT2D eigenvalue weighted by Crippen LogP contribution is 2.44. The topological polar surface area (TPSA) is 99.7 Å². The van der Waals surface area contributed by atoms with Gasteiger partial charge in [0.25, 0.3) is 5.91 Å². The number of piperidine rings is 1. The van der Waals surface area contributed by atoms with Gasteiger partial charge in [0, 0.05) is 60.5 Å². The smallest absolute Gasteiger partial charge is 0.416 e. The molecule has 196 valence electrons. The van der Waals surface area contributed by atoms with E-state index in [4.69, 9.17) is 15.9 Å². The number of nitrogens with two attached hydrogens (primary N) is 1. The molecule has 0 saturated carbocycles. The van der Waals surface area contributed by atoms with Crippen LogP contribution in [0.5, 0.6) is 5.75 Å². The van der Waals surface area contributed by atoms with E-state index in [1.807, 2.05) is 0 Å². The van der Waals surface area contributed by atoms with Crippen molar-refractivity contribution in [3.63, 3.8) is 0 Å². The molecule has 7 nitrogen and oxygen atoms in total. The zero-order valence-corrected chi connectivity index (χ0v) is 20.7. The Morgan fingerprint density at radius 1 is 1.11 bits per heavy atom. The van der Waals surface area contributed by atoms with Crippen LogP contribution < -0.4 is 15.4 Å². The van der Waals surface area contributed by atoms with Crippen molar-refractivity contribution in [2.75, 3.05) is 31.6 Å². The molecule has 0 aliphatic carbocycles. The van der Waals surface area contributed by atoms with Gasteiger partial charge in [-0.3, -0.25) is 9.59 Å². The van der Waals surface area contributed by atoms with Crippen LogP contribution in [-0.2, 0) is 11.0 Å². The molecular weight excluding hydrogens is 485 g/mol. The van der Waals surface area contributed by atoms with Crippen LogP contribution >= 0.6 is 0 Å². The van der Waals surface area contributed by atoms with Crippen molar-refractivity contribution in [1.82, 2.24) is 4.90 Å². The molecule has 0 aromatic heterocycles. The maximum atomic E-state index is 13.5. The first-order chi connectivity index (χ1) is 17.5. The number of alkyl halides is 3. The zero-order valence-electron chi connectivity index (χ0n) is 20.7. The van der Waals surface area contributed by atoms with Crippen LogP contribution in [0.4, 0.5) is 18.9 Å². The maximum Gasteiger partial charge on any atom is 0.416 e. The average Bonchev–Trinajstić information content (AvgIpc) is 3.19. The molecule has 0 atom stereocenters. The largest absolute Gasteiger partial charge is 0.496 e. The molecule has 0 bridgehead atoms. The molecule has 2 aliphatic rings. The Balaban J connectivity index is 1.49. The van der Waals surface area contributed by atoms with Crippen molar-refractivity contribution >= 4 is 29.3 Å². The summed E-state index contributed by atoms with van der Waals surface area (Å²) in [7, 11) is 1.51. The van der Waals surface area contributed by atoms with E-state index < -0.39 is 23.1 Å². The molecule has 1 spiro atoms. The number of methoxy groups -OCH3 is 1. The molecule has 2 fully saturated rings. The van der Waals surface area contributed by atoms with E-state index >= 15 is 0 Å². The summed E-state index contributed by atoms with van der Waals surface area (Å²) in [5, 5.41) is 7.53. The Kier molecular flexibility index (Phi) is 7.03. The van der Waals surface area contributed by atoms with Crippen molar-refractivity contribution in [1.29, 1.82) is 5.41 Å². The van der Waals surface area contributed by atoms with Crippen LogP contribution in [0.1, 0.15) is 46.3 Å². The third-order valence-electron chi connectivity index (χ3n) is 7.32. The number of nitrogens with zero attached hydrogens (tertiary/aromatic N) is 2. The van der Waals surface area contributed by atoms with Crippen LogP contribution in [-0.4, -0.2) is 49.7 Å². The SMILES string of the molecule is COc1cc(N2CCC3(CCN(C(=O)c4cc(C)cc(C(F)(F)F)c4)CC3)C2=O)ccc1/C(C=N)=C/N. The van der Waals surface area contributed by atoms with Gasteiger partial charge in [-0.25, -0.2) is 0 Å². The second-order valence-corrected chi connectivity index (χ2v) is 9.52. The van der Waals surface area contributed by atoms with Gasteiger partial charge < -0.3 is 25.7 Å². The highest BCUT2D eigenvalue weighted by atomic mass is 19.4. The molecule has 2 amide bonds. The number of allylic oxidation sites excluding steroid dienone is 1. The van der Waals surface area contributed by atoms with E-state index in [0.29, 0.717) is 67.0 Å². The number of carbonyl (C=O) groups excluding carboxylic acids is 2. The van der Waals surface area contributed by atoms with Crippen molar-refractivity contribution < 1.29 is 27.5 Å². The van der Waals surface area contributed by atoms with E-state index in [1.54, 1.807) is 23.1 Å². The number of likely N-dealkylation sites (tertiary alicyclic amines) is 1. The molecule has 2 aromatic rings. The van der Waals surface area contributed by atoms with E-state index in [9.17, 15) is 22.8 Å². The zero-order chi connectivity index (χ0) is 27.0. The van der Waals surface area contributed by atoms with Crippen LogP contribution in [0, 0.1) is 17.7 Å². The Morgan fingerprint density at radius 3 is 2.38 bits per heavy atom. The highest BCUT2D eigenvalue weighted by Gasteiger charge is 2.49. The van der Waals surface area contributed by atoms with Gasteiger partial charge in [0.05, 0.1) is 18.1 Å². The lowest BCUT2D eigenvalue weighted by atomic mass is 9.77. The second-order valence-electron chi connectivity index (χ2n) is 9.52. The number of rotatable bonds is 5. The number of benzene rings is 2. The average molecular weight is 515 g/mol. The molecular formula is C27H29F3N4O3. The highest BCUT2D eigenvalue weighted by molar-refractivity contribution is 6.09. The van der Waals surface area contributed by atoms with Crippen LogP contribution in [0.15, 0.2) is 42.6 Å². The van der Waals surface area contributed by atoms with Crippen LogP contribution in [0.25, 0.3) is 5.57 Å². The van der Waals surface area contributed by atoms with Crippen molar-refractivity contribution in [2.24, 2.45) is 11.1 Å². The Hall–Kier alpha value is -3.82.